The molecule has 0 radical (unpaired) electrons. The quantitative estimate of drug-likeness (QED) is 0.899. The molecule has 2 heterocycles. The van der Waals surface area contributed by atoms with Gasteiger partial charge in [0.2, 0.25) is 0 Å². The van der Waals surface area contributed by atoms with Crippen molar-refractivity contribution < 1.29 is 0 Å². The number of nitrogens with two attached hydrogens (primary N) is 1. The summed E-state index contributed by atoms with van der Waals surface area (Å²) in [6.45, 7) is 7.37. The molecule has 5 heteroatoms. The minimum absolute atomic E-state index is 0.550. The molecule has 0 aromatic carbocycles. The van der Waals surface area contributed by atoms with Gasteiger partial charge in [0.15, 0.2) is 0 Å². The van der Waals surface area contributed by atoms with Crippen molar-refractivity contribution in [2.24, 2.45) is 13.0 Å². The molecule has 0 unspecified atom stereocenters. The van der Waals surface area contributed by atoms with Crippen molar-refractivity contribution >= 4 is 5.82 Å². The minimum Gasteiger partial charge on any atom is -0.383 e. The lowest BCUT2D eigenvalue weighted by Gasteiger charge is -2.11. The maximum absolute atomic E-state index is 6.23. The van der Waals surface area contributed by atoms with Crippen LogP contribution in [0.1, 0.15) is 26.6 Å². The topological polar surface area (TPSA) is 61.7 Å². The lowest BCUT2D eigenvalue weighted by molar-refractivity contribution is 0.513. The van der Waals surface area contributed by atoms with Gasteiger partial charge in [0.25, 0.3) is 0 Å². The summed E-state index contributed by atoms with van der Waals surface area (Å²) in [4.78, 5) is 4.65. The van der Waals surface area contributed by atoms with Gasteiger partial charge < -0.3 is 10.3 Å². The van der Waals surface area contributed by atoms with Crippen LogP contribution >= 0.6 is 0 Å². The first-order valence-electron chi connectivity index (χ1n) is 6.36. The zero-order valence-corrected chi connectivity index (χ0v) is 11.5. The fraction of sp³-hybridized carbons (Fsp3) is 0.538. The largest absolute Gasteiger partial charge is 0.383 e. The third-order valence-electron chi connectivity index (χ3n) is 2.93. The summed E-state index contributed by atoms with van der Waals surface area (Å²) < 4.78 is 3.88. The van der Waals surface area contributed by atoms with Gasteiger partial charge in [0, 0.05) is 31.8 Å². The highest BCUT2D eigenvalue weighted by molar-refractivity contribution is 5.69. The highest BCUT2D eigenvalue weighted by Gasteiger charge is 2.16. The van der Waals surface area contributed by atoms with Gasteiger partial charge in [-0.25, -0.2) is 4.98 Å². The van der Waals surface area contributed by atoms with E-state index in [2.05, 4.69) is 35.4 Å². The summed E-state index contributed by atoms with van der Waals surface area (Å²) in [6, 6.07) is 0. The first-order chi connectivity index (χ1) is 8.52. The zero-order chi connectivity index (χ0) is 13.3. The van der Waals surface area contributed by atoms with E-state index in [9.17, 15) is 0 Å². The summed E-state index contributed by atoms with van der Waals surface area (Å²) in [5, 5.41) is 4.17. The molecule has 0 aliphatic rings. The summed E-state index contributed by atoms with van der Waals surface area (Å²) in [6.07, 6.45) is 4.63. The number of aryl methyl sites for hydroxylation is 2. The molecule has 0 fully saturated rings. The van der Waals surface area contributed by atoms with E-state index in [0.717, 1.165) is 35.9 Å². The van der Waals surface area contributed by atoms with E-state index in [-0.39, 0.29) is 0 Å². The number of rotatable bonds is 4. The fourth-order valence-electron chi connectivity index (χ4n) is 2.11. The van der Waals surface area contributed by atoms with Gasteiger partial charge in [-0.3, -0.25) is 4.68 Å². The summed E-state index contributed by atoms with van der Waals surface area (Å²) in [5.41, 5.74) is 8.06. The predicted molar refractivity (Wildman–Crippen MR) is 73.1 cm³/mol. The highest BCUT2D eigenvalue weighted by atomic mass is 15.2. The molecule has 18 heavy (non-hydrogen) atoms. The van der Waals surface area contributed by atoms with E-state index >= 15 is 0 Å². The number of hydrogen-bond donors (Lipinski definition) is 1. The lowest BCUT2D eigenvalue weighted by atomic mass is 10.2. The number of imidazole rings is 1. The van der Waals surface area contributed by atoms with Crippen LogP contribution in [0, 0.1) is 5.92 Å². The summed E-state index contributed by atoms with van der Waals surface area (Å²) in [5.74, 6) is 2.34. The number of hydrogen-bond acceptors (Lipinski definition) is 3. The lowest BCUT2D eigenvalue weighted by Crippen LogP contribution is -2.10. The first kappa shape index (κ1) is 12.7. The van der Waals surface area contributed by atoms with Crippen molar-refractivity contribution in [2.75, 3.05) is 5.73 Å². The zero-order valence-electron chi connectivity index (χ0n) is 11.5. The number of anilines is 1. The maximum Gasteiger partial charge on any atom is 0.131 e. The Labute approximate surface area is 108 Å². The van der Waals surface area contributed by atoms with Crippen molar-refractivity contribution in [1.82, 2.24) is 19.3 Å². The van der Waals surface area contributed by atoms with E-state index in [1.54, 1.807) is 10.9 Å². The van der Waals surface area contributed by atoms with Gasteiger partial charge in [0.05, 0.1) is 6.20 Å². The van der Waals surface area contributed by atoms with Gasteiger partial charge in [-0.05, 0) is 5.92 Å². The number of nitrogens with zero attached hydrogens (tertiary/aromatic N) is 4. The molecule has 0 saturated heterocycles. The Balaban J connectivity index is 2.46. The van der Waals surface area contributed by atoms with E-state index in [4.69, 9.17) is 5.73 Å². The molecule has 2 aromatic heterocycles. The molecule has 0 saturated carbocycles. The van der Waals surface area contributed by atoms with E-state index in [0.29, 0.717) is 5.92 Å². The van der Waals surface area contributed by atoms with E-state index in [1.165, 1.54) is 0 Å². The Morgan fingerprint density at radius 1 is 1.39 bits per heavy atom. The van der Waals surface area contributed by atoms with Crippen molar-refractivity contribution in [2.45, 2.75) is 33.7 Å². The van der Waals surface area contributed by atoms with Crippen molar-refractivity contribution in [1.29, 1.82) is 0 Å². The van der Waals surface area contributed by atoms with Crippen LogP contribution in [0.15, 0.2) is 12.4 Å². The van der Waals surface area contributed by atoms with Crippen LogP contribution in [0.3, 0.4) is 0 Å². The fourth-order valence-corrected chi connectivity index (χ4v) is 2.11. The monoisotopic (exact) mass is 247 g/mol. The molecule has 0 aliphatic heterocycles. The Hall–Kier alpha value is -1.78. The van der Waals surface area contributed by atoms with Crippen molar-refractivity contribution in [3.8, 4) is 11.3 Å². The Morgan fingerprint density at radius 3 is 2.61 bits per heavy atom. The van der Waals surface area contributed by atoms with Crippen LogP contribution in [-0.2, 0) is 20.0 Å². The smallest absolute Gasteiger partial charge is 0.131 e. The third kappa shape index (κ3) is 2.25. The Bertz CT molecular complexity index is 536. The number of nitrogen functional groups attached to an aromatic ring is 1. The van der Waals surface area contributed by atoms with Gasteiger partial charge in [0.1, 0.15) is 17.3 Å². The van der Waals surface area contributed by atoms with E-state index in [1.807, 2.05) is 13.2 Å². The molecular weight excluding hydrogens is 226 g/mol. The second-order valence-electron chi connectivity index (χ2n) is 5.02. The Kier molecular flexibility index (Phi) is 3.41. The predicted octanol–water partition coefficient (Wildman–Crippen LogP) is 2.08. The molecule has 5 nitrogen and oxygen atoms in total. The molecule has 0 aliphatic carbocycles. The van der Waals surface area contributed by atoms with E-state index < -0.39 is 0 Å². The van der Waals surface area contributed by atoms with Gasteiger partial charge in [-0.2, -0.15) is 5.10 Å². The number of aromatic nitrogens is 4. The molecule has 0 spiro atoms. The van der Waals surface area contributed by atoms with Gasteiger partial charge in [-0.1, -0.05) is 20.8 Å². The molecular formula is C13H21N5. The summed E-state index contributed by atoms with van der Waals surface area (Å²) in [7, 11) is 1.89. The highest BCUT2D eigenvalue weighted by Crippen LogP contribution is 2.26. The van der Waals surface area contributed by atoms with Crippen LogP contribution < -0.4 is 5.73 Å². The molecule has 2 N–H and O–H groups in total. The van der Waals surface area contributed by atoms with Crippen molar-refractivity contribution in [3.63, 3.8) is 0 Å². The summed E-state index contributed by atoms with van der Waals surface area (Å²) >= 11 is 0. The molecule has 0 amide bonds. The average molecular weight is 247 g/mol. The Morgan fingerprint density at radius 2 is 2.11 bits per heavy atom. The van der Waals surface area contributed by atoms with Gasteiger partial charge in [-0.15, -0.1) is 0 Å². The molecule has 2 aromatic rings. The minimum atomic E-state index is 0.550. The molecule has 0 bridgehead atoms. The first-order valence-corrected chi connectivity index (χ1v) is 6.36. The van der Waals surface area contributed by atoms with Crippen LogP contribution in [-0.4, -0.2) is 19.3 Å². The third-order valence-corrected chi connectivity index (χ3v) is 2.93. The average Bonchev–Trinajstić information content (AvgIpc) is 2.85. The second-order valence-corrected chi connectivity index (χ2v) is 5.02. The molecule has 0 atom stereocenters. The van der Waals surface area contributed by atoms with Gasteiger partial charge >= 0.3 is 0 Å². The standard InChI is InChI=1S/C13H21N5/c1-5-11-16-12(10-6-15-17(4)8-10)13(14)18(11)7-9(2)3/h6,8-9H,5,7,14H2,1-4H3. The normalized spacial score (nSPS) is 11.4. The molecule has 98 valence electrons. The van der Waals surface area contributed by atoms with Crippen LogP contribution in [0.25, 0.3) is 11.3 Å². The van der Waals surface area contributed by atoms with Crippen LogP contribution in [0.5, 0.6) is 0 Å². The van der Waals surface area contributed by atoms with Crippen LogP contribution in [0.2, 0.25) is 0 Å². The van der Waals surface area contributed by atoms with Crippen molar-refractivity contribution in [3.05, 3.63) is 18.2 Å². The molecule has 2 rings (SSSR count). The second kappa shape index (κ2) is 4.84. The SMILES string of the molecule is CCc1nc(-c2cnn(C)c2)c(N)n1CC(C)C. The van der Waals surface area contributed by atoms with Crippen LogP contribution in [0.4, 0.5) is 5.82 Å². The maximum atomic E-state index is 6.23.